The molecule has 1 aromatic heterocycles. The monoisotopic (exact) mass is 344 g/mol. The molecular formula is C14H14BrClOS. The lowest BCUT2D eigenvalue weighted by atomic mass is 9.87. The van der Waals surface area contributed by atoms with Crippen molar-refractivity contribution in [3.63, 3.8) is 0 Å². The zero-order chi connectivity index (χ0) is 13.0. The second kappa shape index (κ2) is 6.20. The third-order valence-electron chi connectivity index (χ3n) is 2.91. The molecule has 0 saturated heterocycles. The van der Waals surface area contributed by atoms with Gasteiger partial charge in [-0.2, -0.15) is 0 Å². The Morgan fingerprint density at radius 1 is 1.17 bits per heavy atom. The van der Waals surface area contributed by atoms with Crippen molar-refractivity contribution in [2.45, 2.75) is 18.4 Å². The van der Waals surface area contributed by atoms with Gasteiger partial charge < -0.3 is 5.11 Å². The van der Waals surface area contributed by atoms with Gasteiger partial charge in [-0.1, -0.05) is 30.3 Å². The number of thiophene rings is 1. The van der Waals surface area contributed by atoms with Gasteiger partial charge >= 0.3 is 0 Å². The van der Waals surface area contributed by atoms with Gasteiger partial charge in [-0.05, 0) is 40.0 Å². The number of aliphatic hydroxyl groups is 1. The molecule has 1 unspecified atom stereocenters. The van der Waals surface area contributed by atoms with E-state index in [0.29, 0.717) is 18.7 Å². The van der Waals surface area contributed by atoms with Crippen molar-refractivity contribution >= 4 is 38.9 Å². The third-order valence-corrected chi connectivity index (χ3v) is 4.73. The van der Waals surface area contributed by atoms with E-state index in [4.69, 9.17) is 11.6 Å². The van der Waals surface area contributed by atoms with Gasteiger partial charge in [0.1, 0.15) is 0 Å². The Kier molecular flexibility index (Phi) is 4.84. The summed E-state index contributed by atoms with van der Waals surface area (Å²) in [4.78, 5) is 1.15. The van der Waals surface area contributed by atoms with Crippen molar-refractivity contribution in [3.8, 4) is 0 Å². The number of rotatable bonds is 5. The highest BCUT2D eigenvalue weighted by Crippen LogP contribution is 2.33. The van der Waals surface area contributed by atoms with Crippen molar-refractivity contribution in [2.24, 2.45) is 0 Å². The zero-order valence-corrected chi connectivity index (χ0v) is 12.9. The highest BCUT2D eigenvalue weighted by atomic mass is 79.9. The Labute approximate surface area is 125 Å². The standard InChI is InChI=1S/C14H14BrClOS/c15-13-7-6-12(18-13)10-14(17,8-9-16)11-4-2-1-3-5-11/h1-7,17H,8-10H2. The fourth-order valence-electron chi connectivity index (χ4n) is 1.97. The molecule has 1 atom stereocenters. The molecule has 0 radical (unpaired) electrons. The first-order valence-corrected chi connectivity index (χ1v) is 7.86. The van der Waals surface area contributed by atoms with Crippen molar-refractivity contribution in [1.82, 2.24) is 0 Å². The minimum Gasteiger partial charge on any atom is -0.385 e. The van der Waals surface area contributed by atoms with E-state index in [2.05, 4.69) is 15.9 Å². The maximum atomic E-state index is 10.9. The zero-order valence-electron chi connectivity index (χ0n) is 9.77. The smallest absolute Gasteiger partial charge is 0.0955 e. The molecule has 0 fully saturated rings. The van der Waals surface area contributed by atoms with E-state index in [1.165, 1.54) is 0 Å². The first-order chi connectivity index (χ1) is 8.64. The number of hydrogen-bond donors (Lipinski definition) is 1. The van der Waals surface area contributed by atoms with E-state index in [9.17, 15) is 5.11 Å². The number of benzene rings is 1. The van der Waals surface area contributed by atoms with Crippen LogP contribution >= 0.6 is 38.9 Å². The lowest BCUT2D eigenvalue weighted by Gasteiger charge is -2.27. The van der Waals surface area contributed by atoms with Crippen LogP contribution in [0.3, 0.4) is 0 Å². The molecule has 0 amide bonds. The van der Waals surface area contributed by atoms with Crippen LogP contribution in [0.25, 0.3) is 0 Å². The molecule has 0 spiro atoms. The molecule has 0 aliphatic carbocycles. The van der Waals surface area contributed by atoms with Crippen LogP contribution in [-0.4, -0.2) is 11.0 Å². The molecule has 1 nitrogen and oxygen atoms in total. The molecule has 2 aromatic rings. The summed E-state index contributed by atoms with van der Waals surface area (Å²) < 4.78 is 1.08. The summed E-state index contributed by atoms with van der Waals surface area (Å²) in [5.74, 6) is 0.442. The van der Waals surface area contributed by atoms with Gasteiger partial charge in [0.05, 0.1) is 9.39 Å². The van der Waals surface area contributed by atoms with E-state index in [1.807, 2.05) is 42.5 Å². The Morgan fingerprint density at radius 2 is 1.89 bits per heavy atom. The number of halogens is 2. The highest BCUT2D eigenvalue weighted by molar-refractivity contribution is 9.11. The summed E-state index contributed by atoms with van der Waals surface area (Å²) in [6.07, 6.45) is 1.15. The molecule has 0 bridgehead atoms. The maximum Gasteiger partial charge on any atom is 0.0955 e. The molecule has 1 heterocycles. The van der Waals surface area contributed by atoms with Crippen LogP contribution in [0.2, 0.25) is 0 Å². The molecule has 2 rings (SSSR count). The van der Waals surface area contributed by atoms with Gasteiger partial charge in [-0.15, -0.1) is 22.9 Å². The van der Waals surface area contributed by atoms with Gasteiger partial charge in [0.2, 0.25) is 0 Å². The molecule has 0 aliphatic rings. The van der Waals surface area contributed by atoms with Gasteiger partial charge in [0.15, 0.2) is 0 Å². The van der Waals surface area contributed by atoms with E-state index >= 15 is 0 Å². The minimum absolute atomic E-state index is 0.442. The number of hydrogen-bond acceptors (Lipinski definition) is 2. The number of alkyl halides is 1. The van der Waals surface area contributed by atoms with E-state index in [1.54, 1.807) is 11.3 Å². The van der Waals surface area contributed by atoms with Crippen molar-refractivity contribution in [3.05, 3.63) is 56.7 Å². The molecule has 4 heteroatoms. The highest BCUT2D eigenvalue weighted by Gasteiger charge is 2.29. The van der Waals surface area contributed by atoms with Crippen LogP contribution in [0, 0.1) is 0 Å². The predicted molar refractivity (Wildman–Crippen MR) is 81.4 cm³/mol. The fourth-order valence-corrected chi connectivity index (χ4v) is 3.88. The first kappa shape index (κ1) is 14.1. The summed E-state index contributed by atoms with van der Waals surface area (Å²) >= 11 is 10.9. The summed E-state index contributed by atoms with van der Waals surface area (Å²) in [5, 5.41) is 10.9. The molecule has 0 aliphatic heterocycles. The maximum absolute atomic E-state index is 10.9. The van der Waals surface area contributed by atoms with Crippen LogP contribution in [0.4, 0.5) is 0 Å². The van der Waals surface area contributed by atoms with Crippen molar-refractivity contribution in [1.29, 1.82) is 0 Å². The molecule has 18 heavy (non-hydrogen) atoms. The molecule has 1 N–H and O–H groups in total. The summed E-state index contributed by atoms with van der Waals surface area (Å²) in [7, 11) is 0. The lowest BCUT2D eigenvalue weighted by molar-refractivity contribution is 0.0344. The van der Waals surface area contributed by atoms with Crippen LogP contribution in [0.1, 0.15) is 16.9 Å². The van der Waals surface area contributed by atoms with Crippen LogP contribution in [0.5, 0.6) is 0 Å². The van der Waals surface area contributed by atoms with Gasteiger partial charge in [0, 0.05) is 17.2 Å². The van der Waals surface area contributed by atoms with E-state index in [-0.39, 0.29) is 0 Å². The summed E-state index contributed by atoms with van der Waals surface area (Å²) in [6.45, 7) is 0. The first-order valence-electron chi connectivity index (χ1n) is 5.72. The normalized spacial score (nSPS) is 14.4. The van der Waals surface area contributed by atoms with Crippen molar-refractivity contribution < 1.29 is 5.11 Å². The fraction of sp³-hybridized carbons (Fsp3) is 0.286. The quantitative estimate of drug-likeness (QED) is 0.787. The second-order valence-corrected chi connectivity index (χ2v) is 7.14. The van der Waals surface area contributed by atoms with E-state index < -0.39 is 5.60 Å². The van der Waals surface area contributed by atoms with Gasteiger partial charge in [-0.25, -0.2) is 0 Å². The topological polar surface area (TPSA) is 20.2 Å². The average molecular weight is 346 g/mol. The average Bonchev–Trinajstić information content (AvgIpc) is 2.76. The predicted octanol–water partition coefficient (Wildman–Crippen LogP) is 4.57. The van der Waals surface area contributed by atoms with E-state index in [0.717, 1.165) is 14.2 Å². The summed E-state index contributed by atoms with van der Waals surface area (Å²) in [6, 6.07) is 13.8. The van der Waals surface area contributed by atoms with Gasteiger partial charge in [-0.3, -0.25) is 0 Å². The Morgan fingerprint density at radius 3 is 2.44 bits per heavy atom. The Hall–Kier alpha value is -0.350. The Balaban J connectivity index is 2.26. The van der Waals surface area contributed by atoms with Crippen molar-refractivity contribution in [2.75, 3.05) is 5.88 Å². The molecule has 96 valence electrons. The summed E-state index contributed by atoms with van der Waals surface area (Å²) in [5.41, 5.74) is 0.0444. The van der Waals surface area contributed by atoms with Crippen LogP contribution in [-0.2, 0) is 12.0 Å². The molecular weight excluding hydrogens is 332 g/mol. The second-order valence-electron chi connectivity index (χ2n) is 4.22. The minimum atomic E-state index is -0.882. The van der Waals surface area contributed by atoms with Crippen LogP contribution < -0.4 is 0 Å². The lowest BCUT2D eigenvalue weighted by Crippen LogP contribution is -2.28. The largest absolute Gasteiger partial charge is 0.385 e. The third kappa shape index (κ3) is 3.35. The molecule has 1 aromatic carbocycles. The SMILES string of the molecule is OC(CCCl)(Cc1ccc(Br)s1)c1ccccc1. The van der Waals surface area contributed by atoms with Gasteiger partial charge in [0.25, 0.3) is 0 Å². The molecule has 0 saturated carbocycles. The van der Waals surface area contributed by atoms with Crippen LogP contribution in [0.15, 0.2) is 46.3 Å². The Bertz CT molecular complexity index is 500.